The lowest BCUT2D eigenvalue weighted by atomic mass is 10.1. The summed E-state index contributed by atoms with van der Waals surface area (Å²) in [4.78, 5) is 28.7. The summed E-state index contributed by atoms with van der Waals surface area (Å²) in [6.07, 6.45) is 6.06. The van der Waals surface area contributed by atoms with E-state index in [0.29, 0.717) is 30.2 Å². The third-order valence-electron chi connectivity index (χ3n) is 4.61. The number of fused-ring (bicyclic) bond motifs is 1. The van der Waals surface area contributed by atoms with Gasteiger partial charge in [0.05, 0.1) is 0 Å². The fourth-order valence-electron chi connectivity index (χ4n) is 3.11. The predicted molar refractivity (Wildman–Crippen MR) is 119 cm³/mol. The Morgan fingerprint density at radius 2 is 1.80 bits per heavy atom. The van der Waals surface area contributed by atoms with Crippen LogP contribution in [0, 0.1) is 0 Å². The zero-order chi connectivity index (χ0) is 20.1. The van der Waals surface area contributed by atoms with E-state index in [2.05, 4.69) is 20.3 Å². The number of ether oxygens (including phenoxy) is 1. The van der Waals surface area contributed by atoms with Gasteiger partial charge in [-0.25, -0.2) is 9.97 Å². The zero-order valence-electron chi connectivity index (χ0n) is 16.5. The number of nitrogens with zero attached hydrogens (tertiary/aromatic N) is 3. The summed E-state index contributed by atoms with van der Waals surface area (Å²) >= 11 is 0. The fourth-order valence-corrected chi connectivity index (χ4v) is 3.11. The van der Waals surface area contributed by atoms with Crippen molar-refractivity contribution in [2.24, 2.45) is 0 Å². The molecule has 0 aliphatic carbocycles. The number of nitrogens with one attached hydrogen (secondary N) is 2. The van der Waals surface area contributed by atoms with Gasteiger partial charge in [0.25, 0.3) is 5.91 Å². The molecule has 0 unspecified atom stereocenters. The van der Waals surface area contributed by atoms with Crippen molar-refractivity contribution in [1.82, 2.24) is 25.3 Å². The fraction of sp³-hybridized carbons (Fsp3) is 0.182. The van der Waals surface area contributed by atoms with Crippen molar-refractivity contribution in [3.63, 3.8) is 0 Å². The van der Waals surface area contributed by atoms with Crippen molar-refractivity contribution < 1.29 is 9.53 Å². The Balaban J connectivity index is 0.00000256. The normalized spacial score (nSPS) is 10.6. The molecular weight excluding hydrogens is 402 g/mol. The Labute approximate surface area is 180 Å². The molecule has 0 saturated heterocycles. The van der Waals surface area contributed by atoms with Gasteiger partial charge >= 0.3 is 0 Å². The van der Waals surface area contributed by atoms with Gasteiger partial charge in [-0.2, -0.15) is 0 Å². The molecule has 0 atom stereocenters. The topological polar surface area (TPSA) is 92.8 Å². The molecule has 0 radical (unpaired) electrons. The number of hydrogen-bond acceptors (Lipinski definition) is 5. The number of H-pyrrole nitrogens is 1. The molecule has 0 spiro atoms. The molecule has 0 fully saturated rings. The molecule has 0 aliphatic rings. The number of benzene rings is 1. The highest BCUT2D eigenvalue weighted by molar-refractivity contribution is 5.95. The highest BCUT2D eigenvalue weighted by atomic mass is 35.5. The quantitative estimate of drug-likeness (QED) is 0.440. The SMILES string of the molecule is COCCCNC(=O)c1ccc(-c2nc3c(-c4ccncc4)ccnc3[nH]2)cc1.Cl. The van der Waals surface area contributed by atoms with Gasteiger partial charge in [0.1, 0.15) is 11.3 Å². The lowest BCUT2D eigenvalue weighted by molar-refractivity contribution is 0.0948. The number of carbonyl (C=O) groups is 1. The van der Waals surface area contributed by atoms with Crippen molar-refractivity contribution in [3.05, 3.63) is 66.6 Å². The van der Waals surface area contributed by atoms with Crippen molar-refractivity contribution in [1.29, 1.82) is 0 Å². The van der Waals surface area contributed by atoms with E-state index in [1.807, 2.05) is 30.3 Å². The van der Waals surface area contributed by atoms with Gasteiger partial charge in [0, 0.05) is 55.5 Å². The minimum Gasteiger partial charge on any atom is -0.385 e. The molecule has 154 valence electrons. The van der Waals surface area contributed by atoms with Crippen LogP contribution in [0.25, 0.3) is 33.7 Å². The van der Waals surface area contributed by atoms with E-state index in [4.69, 9.17) is 9.72 Å². The van der Waals surface area contributed by atoms with Crippen LogP contribution in [0.4, 0.5) is 0 Å². The minimum atomic E-state index is -0.0982. The van der Waals surface area contributed by atoms with E-state index < -0.39 is 0 Å². The van der Waals surface area contributed by atoms with Crippen LogP contribution in [0.15, 0.2) is 61.1 Å². The molecule has 1 amide bonds. The Hall–Kier alpha value is -3.29. The van der Waals surface area contributed by atoms with E-state index in [1.165, 1.54) is 0 Å². The van der Waals surface area contributed by atoms with Crippen LogP contribution in [-0.4, -0.2) is 46.1 Å². The number of carbonyl (C=O) groups excluding carboxylic acids is 1. The minimum absolute atomic E-state index is 0. The summed E-state index contributed by atoms with van der Waals surface area (Å²) in [7, 11) is 1.65. The number of aromatic nitrogens is 4. The van der Waals surface area contributed by atoms with Crippen LogP contribution in [0.1, 0.15) is 16.8 Å². The van der Waals surface area contributed by atoms with Crippen LogP contribution in [-0.2, 0) is 4.74 Å². The highest BCUT2D eigenvalue weighted by Crippen LogP contribution is 2.28. The number of rotatable bonds is 7. The lowest BCUT2D eigenvalue weighted by Gasteiger charge is -2.05. The van der Waals surface area contributed by atoms with Crippen LogP contribution in [0.5, 0.6) is 0 Å². The number of imidazole rings is 1. The first-order valence-electron chi connectivity index (χ1n) is 9.39. The Morgan fingerprint density at radius 3 is 2.53 bits per heavy atom. The van der Waals surface area contributed by atoms with E-state index in [9.17, 15) is 4.79 Å². The predicted octanol–water partition coefficient (Wildman–Crippen LogP) is 3.88. The largest absolute Gasteiger partial charge is 0.385 e. The second-order valence-corrected chi connectivity index (χ2v) is 6.56. The smallest absolute Gasteiger partial charge is 0.251 e. The molecule has 30 heavy (non-hydrogen) atoms. The summed E-state index contributed by atoms with van der Waals surface area (Å²) < 4.78 is 4.99. The summed E-state index contributed by atoms with van der Waals surface area (Å²) in [6, 6.07) is 13.2. The summed E-state index contributed by atoms with van der Waals surface area (Å²) in [6.45, 7) is 1.21. The number of pyridine rings is 2. The van der Waals surface area contributed by atoms with E-state index in [1.54, 1.807) is 37.8 Å². The van der Waals surface area contributed by atoms with Gasteiger partial charge in [-0.1, -0.05) is 12.1 Å². The molecule has 1 aromatic carbocycles. The first kappa shape index (κ1) is 21.4. The molecule has 2 N–H and O–H groups in total. The van der Waals surface area contributed by atoms with Crippen LogP contribution in [0.2, 0.25) is 0 Å². The average molecular weight is 424 g/mol. The second-order valence-electron chi connectivity index (χ2n) is 6.56. The highest BCUT2D eigenvalue weighted by Gasteiger charge is 2.12. The zero-order valence-corrected chi connectivity index (χ0v) is 17.3. The molecular formula is C22H22ClN5O2. The van der Waals surface area contributed by atoms with Gasteiger partial charge in [-0.3, -0.25) is 9.78 Å². The molecule has 3 aromatic heterocycles. The standard InChI is InChI=1S/C22H21N5O2.ClH/c1-29-14-2-10-25-22(28)17-5-3-16(4-6-17)20-26-19-18(9-13-24-21(19)27-20)15-7-11-23-12-8-15;/h3-9,11-13H,2,10,14H2,1H3,(H,25,28)(H,24,26,27);1H. The maximum Gasteiger partial charge on any atom is 0.251 e. The first-order valence-corrected chi connectivity index (χ1v) is 9.39. The molecule has 4 rings (SSSR count). The molecule has 3 heterocycles. The Morgan fingerprint density at radius 1 is 1.03 bits per heavy atom. The maximum atomic E-state index is 12.2. The monoisotopic (exact) mass is 423 g/mol. The van der Waals surface area contributed by atoms with Crippen LogP contribution in [0.3, 0.4) is 0 Å². The number of methoxy groups -OCH3 is 1. The molecule has 4 aromatic rings. The molecule has 8 heteroatoms. The summed E-state index contributed by atoms with van der Waals surface area (Å²) in [5.74, 6) is 0.611. The van der Waals surface area contributed by atoms with Gasteiger partial charge in [0.2, 0.25) is 0 Å². The van der Waals surface area contributed by atoms with Crippen molar-refractivity contribution in [2.45, 2.75) is 6.42 Å². The average Bonchev–Trinajstić information content (AvgIpc) is 3.22. The van der Waals surface area contributed by atoms with Crippen molar-refractivity contribution in [2.75, 3.05) is 20.3 Å². The molecule has 0 aliphatic heterocycles. The van der Waals surface area contributed by atoms with Gasteiger partial charge in [-0.15, -0.1) is 12.4 Å². The Bertz CT molecular complexity index is 1110. The Kier molecular flexibility index (Phi) is 7.11. The third kappa shape index (κ3) is 4.64. The number of aromatic amines is 1. The maximum absolute atomic E-state index is 12.2. The van der Waals surface area contributed by atoms with Gasteiger partial charge in [-0.05, 0) is 42.3 Å². The van der Waals surface area contributed by atoms with Gasteiger partial charge < -0.3 is 15.0 Å². The molecule has 0 saturated carbocycles. The van der Waals surface area contributed by atoms with Crippen LogP contribution < -0.4 is 5.32 Å². The van der Waals surface area contributed by atoms with Gasteiger partial charge in [0.15, 0.2) is 5.65 Å². The second kappa shape index (κ2) is 9.96. The van der Waals surface area contributed by atoms with E-state index >= 15 is 0 Å². The number of hydrogen-bond donors (Lipinski definition) is 2. The molecule has 0 bridgehead atoms. The van der Waals surface area contributed by atoms with E-state index in [0.717, 1.165) is 28.6 Å². The number of halogens is 1. The third-order valence-corrected chi connectivity index (χ3v) is 4.61. The van der Waals surface area contributed by atoms with Crippen LogP contribution >= 0.6 is 12.4 Å². The summed E-state index contributed by atoms with van der Waals surface area (Å²) in [5.41, 5.74) is 5.04. The molecule has 7 nitrogen and oxygen atoms in total. The lowest BCUT2D eigenvalue weighted by Crippen LogP contribution is -2.25. The first-order chi connectivity index (χ1) is 14.3. The number of amides is 1. The van der Waals surface area contributed by atoms with Crippen molar-refractivity contribution >= 4 is 29.5 Å². The van der Waals surface area contributed by atoms with E-state index in [-0.39, 0.29) is 18.3 Å². The van der Waals surface area contributed by atoms with Crippen molar-refractivity contribution in [3.8, 4) is 22.5 Å². The summed E-state index contributed by atoms with van der Waals surface area (Å²) in [5, 5.41) is 2.88.